The fraction of sp³-hybridized carbons (Fsp3) is 0.125. The van der Waals surface area contributed by atoms with E-state index in [0.717, 1.165) is 16.6 Å². The first-order valence-corrected chi connectivity index (χ1v) is 7.10. The van der Waals surface area contributed by atoms with E-state index in [9.17, 15) is 4.79 Å². The lowest BCUT2D eigenvalue weighted by atomic mass is 10.1. The van der Waals surface area contributed by atoms with Crippen molar-refractivity contribution in [2.24, 2.45) is 0 Å². The second kappa shape index (κ2) is 5.06. The molecule has 0 spiro atoms. The normalized spacial score (nSPS) is 10.7. The molecule has 100 valence electrons. The van der Waals surface area contributed by atoms with Crippen molar-refractivity contribution < 1.29 is 9.53 Å². The van der Waals surface area contributed by atoms with Gasteiger partial charge in [0, 0.05) is 16.6 Å². The first-order chi connectivity index (χ1) is 9.69. The van der Waals surface area contributed by atoms with Gasteiger partial charge in [0.15, 0.2) is 0 Å². The van der Waals surface area contributed by atoms with Crippen LogP contribution in [0.25, 0.3) is 10.9 Å². The van der Waals surface area contributed by atoms with Crippen LogP contribution in [0.15, 0.2) is 41.8 Å². The molecule has 3 nitrogen and oxygen atoms in total. The van der Waals surface area contributed by atoms with E-state index in [2.05, 4.69) is 4.98 Å². The first kappa shape index (κ1) is 12.8. The number of rotatable bonds is 3. The van der Waals surface area contributed by atoms with E-state index < -0.39 is 0 Å². The van der Waals surface area contributed by atoms with Gasteiger partial charge >= 0.3 is 0 Å². The molecule has 1 aromatic carbocycles. The van der Waals surface area contributed by atoms with Crippen LogP contribution >= 0.6 is 11.3 Å². The van der Waals surface area contributed by atoms with Crippen LogP contribution in [0.2, 0.25) is 0 Å². The Morgan fingerprint density at radius 2 is 2.05 bits per heavy atom. The lowest BCUT2D eigenvalue weighted by Gasteiger charge is -2.04. The number of nitrogens with zero attached hydrogens (tertiary/aromatic N) is 1. The highest BCUT2D eigenvalue weighted by molar-refractivity contribution is 7.12. The van der Waals surface area contributed by atoms with Gasteiger partial charge in [-0.15, -0.1) is 11.3 Å². The molecule has 0 saturated heterocycles. The second-order valence-electron chi connectivity index (χ2n) is 4.51. The number of fused-ring (bicyclic) bond motifs is 1. The summed E-state index contributed by atoms with van der Waals surface area (Å²) in [5.41, 5.74) is 2.53. The Balaban J connectivity index is 2.06. The minimum absolute atomic E-state index is 0.0145. The van der Waals surface area contributed by atoms with Crippen molar-refractivity contribution in [3.63, 3.8) is 0 Å². The first-order valence-electron chi connectivity index (χ1n) is 6.22. The molecule has 0 amide bonds. The van der Waals surface area contributed by atoms with Crippen LogP contribution < -0.4 is 4.74 Å². The average molecular weight is 283 g/mol. The van der Waals surface area contributed by atoms with Crippen LogP contribution in [0.4, 0.5) is 0 Å². The van der Waals surface area contributed by atoms with Crippen molar-refractivity contribution in [2.45, 2.75) is 6.92 Å². The standard InChI is InChI=1S/C16H13NO2S/c1-10-3-4-11-9-12(5-6-13(11)17-10)15(18)16-14(19-2)7-8-20-16/h3-9H,1-2H3. The molecule has 0 fully saturated rings. The van der Waals surface area contributed by atoms with Gasteiger partial charge in [0.05, 0.1) is 12.6 Å². The van der Waals surface area contributed by atoms with Gasteiger partial charge < -0.3 is 4.74 Å². The van der Waals surface area contributed by atoms with Crippen molar-refractivity contribution >= 4 is 28.0 Å². The Labute approximate surface area is 120 Å². The summed E-state index contributed by atoms with van der Waals surface area (Å²) in [7, 11) is 1.58. The quantitative estimate of drug-likeness (QED) is 0.685. The summed E-state index contributed by atoms with van der Waals surface area (Å²) in [6, 6.07) is 11.3. The van der Waals surface area contributed by atoms with Crippen molar-refractivity contribution in [2.75, 3.05) is 7.11 Å². The van der Waals surface area contributed by atoms with Gasteiger partial charge in [0.1, 0.15) is 10.6 Å². The van der Waals surface area contributed by atoms with Crippen LogP contribution in [-0.2, 0) is 0 Å². The number of hydrogen-bond donors (Lipinski definition) is 0. The summed E-state index contributed by atoms with van der Waals surface area (Å²) < 4.78 is 5.21. The van der Waals surface area contributed by atoms with Crippen molar-refractivity contribution in [1.82, 2.24) is 4.98 Å². The summed E-state index contributed by atoms with van der Waals surface area (Å²) >= 11 is 1.39. The maximum Gasteiger partial charge on any atom is 0.206 e. The van der Waals surface area contributed by atoms with Crippen LogP contribution in [0.1, 0.15) is 20.9 Å². The predicted molar refractivity (Wildman–Crippen MR) is 80.8 cm³/mol. The Hall–Kier alpha value is -2.20. The number of carbonyl (C=O) groups is 1. The van der Waals surface area contributed by atoms with Crippen molar-refractivity contribution in [3.8, 4) is 5.75 Å². The molecule has 2 heterocycles. The molecule has 0 aliphatic heterocycles. The fourth-order valence-electron chi connectivity index (χ4n) is 2.12. The number of pyridine rings is 1. The van der Waals surface area contributed by atoms with E-state index >= 15 is 0 Å². The molecule has 0 bridgehead atoms. The highest BCUT2D eigenvalue weighted by Crippen LogP contribution is 2.28. The minimum Gasteiger partial charge on any atom is -0.495 e. The highest BCUT2D eigenvalue weighted by Gasteiger charge is 2.16. The second-order valence-corrected chi connectivity index (χ2v) is 5.42. The number of thiophene rings is 1. The van der Waals surface area contributed by atoms with Gasteiger partial charge in [-0.05, 0) is 42.6 Å². The highest BCUT2D eigenvalue weighted by atomic mass is 32.1. The molecule has 20 heavy (non-hydrogen) atoms. The minimum atomic E-state index is -0.0145. The van der Waals surface area contributed by atoms with Crippen LogP contribution in [0.3, 0.4) is 0 Å². The van der Waals surface area contributed by atoms with E-state index in [1.807, 2.05) is 48.7 Å². The predicted octanol–water partition coefficient (Wildman–Crippen LogP) is 3.84. The van der Waals surface area contributed by atoms with Gasteiger partial charge in [-0.3, -0.25) is 9.78 Å². The maximum atomic E-state index is 12.5. The SMILES string of the molecule is COc1ccsc1C(=O)c1ccc2nc(C)ccc2c1. The molecule has 3 rings (SSSR count). The van der Waals surface area contributed by atoms with Crippen molar-refractivity contribution in [3.05, 3.63) is 57.9 Å². The van der Waals surface area contributed by atoms with Crippen molar-refractivity contribution in [1.29, 1.82) is 0 Å². The molecule has 3 aromatic rings. The van der Waals surface area contributed by atoms with Gasteiger partial charge in [-0.2, -0.15) is 0 Å². The number of carbonyl (C=O) groups excluding carboxylic acids is 1. The average Bonchev–Trinajstić information content (AvgIpc) is 2.94. The largest absolute Gasteiger partial charge is 0.495 e. The summed E-state index contributed by atoms with van der Waals surface area (Å²) in [5, 5.41) is 2.83. The van der Waals surface area contributed by atoms with E-state index in [1.54, 1.807) is 7.11 Å². The maximum absolute atomic E-state index is 12.5. The molecule has 0 unspecified atom stereocenters. The molecular weight excluding hydrogens is 270 g/mol. The van der Waals surface area contributed by atoms with Gasteiger partial charge in [0.2, 0.25) is 5.78 Å². The number of ketones is 1. The number of methoxy groups -OCH3 is 1. The van der Waals surface area contributed by atoms with Gasteiger partial charge in [0.25, 0.3) is 0 Å². The summed E-state index contributed by atoms with van der Waals surface area (Å²) in [5.74, 6) is 0.612. The number of aryl methyl sites for hydroxylation is 1. The summed E-state index contributed by atoms with van der Waals surface area (Å²) in [4.78, 5) is 17.6. The third-order valence-electron chi connectivity index (χ3n) is 3.15. The Bertz CT molecular complexity index is 792. The number of benzene rings is 1. The Morgan fingerprint density at radius 3 is 2.85 bits per heavy atom. The van der Waals surface area contributed by atoms with Gasteiger partial charge in [-0.1, -0.05) is 6.07 Å². The molecule has 0 aliphatic carbocycles. The van der Waals surface area contributed by atoms with E-state index in [4.69, 9.17) is 4.74 Å². The Kier molecular flexibility index (Phi) is 3.24. The number of ether oxygens (including phenoxy) is 1. The Morgan fingerprint density at radius 1 is 1.20 bits per heavy atom. The smallest absolute Gasteiger partial charge is 0.206 e. The fourth-order valence-corrected chi connectivity index (χ4v) is 2.94. The summed E-state index contributed by atoms with van der Waals surface area (Å²) in [6.07, 6.45) is 0. The molecule has 0 N–H and O–H groups in total. The molecule has 4 heteroatoms. The van der Waals surface area contributed by atoms with E-state index in [-0.39, 0.29) is 5.78 Å². The van der Waals surface area contributed by atoms with E-state index in [0.29, 0.717) is 16.2 Å². The lowest BCUT2D eigenvalue weighted by molar-refractivity contribution is 0.104. The van der Waals surface area contributed by atoms with Crippen LogP contribution in [0, 0.1) is 6.92 Å². The van der Waals surface area contributed by atoms with Crippen LogP contribution in [-0.4, -0.2) is 17.9 Å². The lowest BCUT2D eigenvalue weighted by Crippen LogP contribution is -2.01. The molecule has 2 aromatic heterocycles. The monoisotopic (exact) mass is 283 g/mol. The third-order valence-corrected chi connectivity index (χ3v) is 4.04. The molecule has 0 aliphatic rings. The zero-order valence-corrected chi connectivity index (χ0v) is 12.0. The summed E-state index contributed by atoms with van der Waals surface area (Å²) in [6.45, 7) is 1.95. The third kappa shape index (κ3) is 2.18. The topological polar surface area (TPSA) is 39.2 Å². The van der Waals surface area contributed by atoms with Crippen LogP contribution in [0.5, 0.6) is 5.75 Å². The molecule has 0 radical (unpaired) electrons. The molecular formula is C16H13NO2S. The number of aromatic nitrogens is 1. The zero-order chi connectivity index (χ0) is 14.1. The van der Waals surface area contributed by atoms with E-state index in [1.165, 1.54) is 11.3 Å². The van der Waals surface area contributed by atoms with Gasteiger partial charge in [-0.25, -0.2) is 0 Å². The number of hydrogen-bond acceptors (Lipinski definition) is 4. The zero-order valence-electron chi connectivity index (χ0n) is 11.2. The molecule has 0 saturated carbocycles. The molecule has 0 atom stereocenters.